The summed E-state index contributed by atoms with van der Waals surface area (Å²) in [6, 6.07) is 4.22. The number of fused-ring (bicyclic) bond motifs is 1. The molecular weight excluding hydrogens is 434 g/mol. The van der Waals surface area contributed by atoms with Crippen LogP contribution in [0.2, 0.25) is 0 Å². The Morgan fingerprint density at radius 1 is 1.03 bits per heavy atom. The van der Waals surface area contributed by atoms with Gasteiger partial charge in [-0.15, -0.1) is 11.3 Å². The summed E-state index contributed by atoms with van der Waals surface area (Å²) in [6.07, 6.45) is 10.6. The fraction of sp³-hybridized carbons (Fsp3) is 0.583. The van der Waals surface area contributed by atoms with Crippen molar-refractivity contribution >= 4 is 34.1 Å². The van der Waals surface area contributed by atoms with E-state index in [-0.39, 0.29) is 5.91 Å². The molecule has 2 fully saturated rings. The Bertz CT molecular complexity index is 1090. The molecule has 176 valence electrons. The molecule has 0 spiro atoms. The molecule has 0 aromatic carbocycles. The Hall–Kier alpha value is -2.52. The maximum atomic E-state index is 12.6. The number of aromatic nitrogens is 4. The number of carbonyl (C=O) groups is 1. The number of hydrogen-bond acceptors (Lipinski definition) is 7. The number of hydrogen-bond donors (Lipinski definition) is 1. The molecule has 2 aliphatic rings. The van der Waals surface area contributed by atoms with Crippen LogP contribution in [0.5, 0.6) is 0 Å². The number of carbonyl (C=O) groups excluding carboxylic acids is 1. The van der Waals surface area contributed by atoms with Gasteiger partial charge in [-0.2, -0.15) is 5.10 Å². The number of thiazole rings is 1. The van der Waals surface area contributed by atoms with Crippen LogP contribution < -0.4 is 10.2 Å². The third-order valence-electron chi connectivity index (χ3n) is 6.70. The summed E-state index contributed by atoms with van der Waals surface area (Å²) < 4.78 is 1.84. The van der Waals surface area contributed by atoms with E-state index in [0.29, 0.717) is 11.6 Å². The Labute approximate surface area is 199 Å². The Balaban J connectivity index is 1.28. The monoisotopic (exact) mass is 467 g/mol. The molecule has 0 aliphatic carbocycles. The maximum Gasteiger partial charge on any atom is 0.280 e. The quantitative estimate of drug-likeness (QED) is 0.596. The Morgan fingerprint density at radius 2 is 1.76 bits per heavy atom. The number of likely N-dealkylation sites (tertiary alicyclic amines) is 1. The van der Waals surface area contributed by atoms with E-state index in [4.69, 9.17) is 10.1 Å². The molecule has 9 heteroatoms. The summed E-state index contributed by atoms with van der Waals surface area (Å²) in [6.45, 7) is 5.96. The van der Waals surface area contributed by atoms with Gasteiger partial charge in [-0.1, -0.05) is 19.3 Å². The average Bonchev–Trinajstić information content (AvgIpc) is 3.35. The van der Waals surface area contributed by atoms with Gasteiger partial charge >= 0.3 is 0 Å². The van der Waals surface area contributed by atoms with Gasteiger partial charge in [0.2, 0.25) is 0 Å². The molecule has 2 aliphatic heterocycles. The lowest BCUT2D eigenvalue weighted by atomic mass is 10.1. The number of nitrogens with zero attached hydrogens (tertiary/aromatic N) is 6. The van der Waals surface area contributed by atoms with E-state index in [2.05, 4.69) is 32.2 Å². The SMILES string of the molecule is Cn1nc(-c2cnc(C(=O)NCCN3CCCCC3)s2)c2ccc(N3CCCCCC3)nc21. The van der Waals surface area contributed by atoms with Crippen LogP contribution in [-0.2, 0) is 7.05 Å². The molecule has 3 aromatic rings. The highest BCUT2D eigenvalue weighted by Crippen LogP contribution is 2.32. The first-order valence-corrected chi connectivity index (χ1v) is 13.1. The van der Waals surface area contributed by atoms with Crippen molar-refractivity contribution in [1.82, 2.24) is 30.0 Å². The first kappa shape index (κ1) is 22.3. The summed E-state index contributed by atoms with van der Waals surface area (Å²) in [5.74, 6) is 0.919. The molecule has 33 heavy (non-hydrogen) atoms. The van der Waals surface area contributed by atoms with Crippen LogP contribution in [0.15, 0.2) is 18.3 Å². The third kappa shape index (κ3) is 5.04. The number of anilines is 1. The smallest absolute Gasteiger partial charge is 0.280 e. The predicted molar refractivity (Wildman–Crippen MR) is 133 cm³/mol. The van der Waals surface area contributed by atoms with Crippen LogP contribution in [0, 0.1) is 0 Å². The van der Waals surface area contributed by atoms with E-state index in [0.717, 1.165) is 60.1 Å². The van der Waals surface area contributed by atoms with Crippen molar-refractivity contribution in [1.29, 1.82) is 0 Å². The highest BCUT2D eigenvalue weighted by Gasteiger charge is 2.19. The molecule has 5 heterocycles. The van der Waals surface area contributed by atoms with E-state index in [1.54, 1.807) is 6.20 Å². The number of nitrogens with one attached hydrogen (secondary N) is 1. The zero-order valence-electron chi connectivity index (χ0n) is 19.4. The van der Waals surface area contributed by atoms with Gasteiger partial charge in [-0.25, -0.2) is 14.6 Å². The van der Waals surface area contributed by atoms with E-state index >= 15 is 0 Å². The zero-order chi connectivity index (χ0) is 22.6. The van der Waals surface area contributed by atoms with Gasteiger partial charge < -0.3 is 15.1 Å². The van der Waals surface area contributed by atoms with Gasteiger partial charge in [-0.3, -0.25) is 4.79 Å². The van der Waals surface area contributed by atoms with Crippen molar-refractivity contribution in [2.24, 2.45) is 7.05 Å². The van der Waals surface area contributed by atoms with Gasteiger partial charge in [0.15, 0.2) is 10.7 Å². The van der Waals surface area contributed by atoms with Gasteiger partial charge in [-0.05, 0) is 50.9 Å². The number of piperidine rings is 1. The van der Waals surface area contributed by atoms with E-state index in [1.807, 2.05) is 11.7 Å². The Morgan fingerprint density at radius 3 is 2.55 bits per heavy atom. The number of aryl methyl sites for hydroxylation is 1. The normalized spacial score (nSPS) is 17.9. The van der Waals surface area contributed by atoms with Gasteiger partial charge in [0.25, 0.3) is 5.91 Å². The number of amides is 1. The minimum Gasteiger partial charge on any atom is -0.357 e. The molecule has 0 radical (unpaired) electrons. The average molecular weight is 468 g/mol. The minimum atomic E-state index is -0.106. The summed E-state index contributed by atoms with van der Waals surface area (Å²) >= 11 is 1.39. The van der Waals surface area contributed by atoms with Crippen molar-refractivity contribution in [2.45, 2.75) is 44.9 Å². The standard InChI is InChI=1S/C24H33N7OS/c1-29-22-18(9-10-20(27-22)31-14-7-2-3-8-15-31)21(28-29)19-17-26-24(33-19)23(32)25-11-16-30-12-5-4-6-13-30/h9-10,17H,2-8,11-16H2,1H3,(H,25,32). The largest absolute Gasteiger partial charge is 0.357 e. The van der Waals surface area contributed by atoms with Gasteiger partial charge in [0.05, 0.1) is 4.88 Å². The molecule has 5 rings (SSSR count). The van der Waals surface area contributed by atoms with Crippen LogP contribution in [0.1, 0.15) is 54.7 Å². The van der Waals surface area contributed by atoms with Crippen LogP contribution >= 0.6 is 11.3 Å². The second-order valence-electron chi connectivity index (χ2n) is 9.10. The fourth-order valence-electron chi connectivity index (χ4n) is 4.85. The van der Waals surface area contributed by atoms with Crippen molar-refractivity contribution < 1.29 is 4.79 Å². The van der Waals surface area contributed by atoms with E-state index in [9.17, 15) is 4.79 Å². The second-order valence-corrected chi connectivity index (χ2v) is 10.1. The molecule has 0 saturated carbocycles. The molecule has 8 nitrogen and oxygen atoms in total. The second kappa shape index (κ2) is 10.2. The van der Waals surface area contributed by atoms with Crippen LogP contribution in [0.4, 0.5) is 5.82 Å². The van der Waals surface area contributed by atoms with Crippen molar-refractivity contribution in [3.8, 4) is 10.6 Å². The van der Waals surface area contributed by atoms with Crippen LogP contribution in [0.25, 0.3) is 21.6 Å². The van der Waals surface area contributed by atoms with E-state index in [1.165, 1.54) is 56.3 Å². The van der Waals surface area contributed by atoms with Gasteiger partial charge in [0, 0.05) is 44.8 Å². The molecule has 0 unspecified atom stereocenters. The molecule has 2 saturated heterocycles. The molecule has 1 N–H and O–H groups in total. The zero-order valence-corrected chi connectivity index (χ0v) is 20.2. The van der Waals surface area contributed by atoms with Crippen LogP contribution in [-0.4, -0.2) is 69.8 Å². The lowest BCUT2D eigenvalue weighted by molar-refractivity contribution is 0.0946. The molecule has 1 amide bonds. The van der Waals surface area contributed by atoms with Crippen molar-refractivity contribution in [3.63, 3.8) is 0 Å². The summed E-state index contributed by atoms with van der Waals surface area (Å²) in [4.78, 5) is 27.7. The number of rotatable bonds is 6. The van der Waals surface area contributed by atoms with Crippen molar-refractivity contribution in [3.05, 3.63) is 23.3 Å². The molecular formula is C24H33N7OS. The lowest BCUT2D eigenvalue weighted by Gasteiger charge is -2.26. The van der Waals surface area contributed by atoms with Crippen LogP contribution in [0.3, 0.4) is 0 Å². The molecule has 3 aromatic heterocycles. The summed E-state index contributed by atoms with van der Waals surface area (Å²) in [7, 11) is 1.93. The summed E-state index contributed by atoms with van der Waals surface area (Å²) in [5.41, 5.74) is 1.71. The van der Waals surface area contributed by atoms with Gasteiger partial charge in [0.1, 0.15) is 11.5 Å². The topological polar surface area (TPSA) is 79.2 Å². The molecule has 0 bridgehead atoms. The Kier molecular flexibility index (Phi) is 6.87. The highest BCUT2D eigenvalue weighted by atomic mass is 32.1. The maximum absolute atomic E-state index is 12.6. The predicted octanol–water partition coefficient (Wildman–Crippen LogP) is 3.69. The lowest BCUT2D eigenvalue weighted by Crippen LogP contribution is -2.37. The van der Waals surface area contributed by atoms with E-state index < -0.39 is 0 Å². The third-order valence-corrected chi connectivity index (χ3v) is 7.70. The first-order chi connectivity index (χ1) is 16.2. The fourth-order valence-corrected chi connectivity index (χ4v) is 5.69. The first-order valence-electron chi connectivity index (χ1n) is 12.2. The minimum absolute atomic E-state index is 0.106. The highest BCUT2D eigenvalue weighted by molar-refractivity contribution is 7.17. The van der Waals surface area contributed by atoms with Crippen molar-refractivity contribution in [2.75, 3.05) is 44.2 Å². The summed E-state index contributed by atoms with van der Waals surface area (Å²) in [5, 5.41) is 9.23. The molecule has 0 atom stereocenters. The number of pyridine rings is 1.